The largest absolute Gasteiger partial charge is 0.497 e. The average molecular weight is 443 g/mol. The van der Waals surface area contributed by atoms with Gasteiger partial charge in [0.05, 0.1) is 13.7 Å². The molecule has 0 amide bonds. The van der Waals surface area contributed by atoms with Crippen LogP contribution >= 0.6 is 0 Å². The molecule has 0 N–H and O–H groups in total. The lowest BCUT2D eigenvalue weighted by molar-refractivity contribution is -0.142. The molecule has 3 aromatic rings. The second-order valence-corrected chi connectivity index (χ2v) is 8.02. The number of nitrogens with zero attached hydrogens (tertiary/aromatic N) is 2. The number of ether oxygens (including phenoxy) is 2. The number of hydroxylamine groups is 2. The lowest BCUT2D eigenvalue weighted by Gasteiger charge is -2.30. The zero-order valence-electron chi connectivity index (χ0n) is 18.7. The molecule has 2 aliphatic rings. The minimum Gasteiger partial charge on any atom is -0.497 e. The van der Waals surface area contributed by atoms with E-state index in [0.29, 0.717) is 24.5 Å². The predicted octanol–water partition coefficient (Wildman–Crippen LogP) is 4.59. The van der Waals surface area contributed by atoms with E-state index in [-0.39, 0.29) is 12.6 Å². The van der Waals surface area contributed by atoms with Gasteiger partial charge in [0.1, 0.15) is 23.5 Å². The van der Waals surface area contributed by atoms with Crippen LogP contribution in [0.3, 0.4) is 0 Å². The molecule has 6 nitrogen and oxygen atoms in total. The van der Waals surface area contributed by atoms with Crippen LogP contribution in [0, 0.1) is 0 Å². The summed E-state index contributed by atoms with van der Waals surface area (Å²) >= 11 is 0. The molecule has 0 bridgehead atoms. The van der Waals surface area contributed by atoms with Gasteiger partial charge in [-0.05, 0) is 36.8 Å². The summed E-state index contributed by atoms with van der Waals surface area (Å²) in [5, 5.41) is 1.90. The van der Waals surface area contributed by atoms with E-state index in [1.165, 1.54) is 0 Å². The summed E-state index contributed by atoms with van der Waals surface area (Å²) < 4.78 is 10.9. The Morgan fingerprint density at radius 1 is 0.970 bits per heavy atom. The topological polar surface area (TPSA) is 51.2 Å². The van der Waals surface area contributed by atoms with Crippen molar-refractivity contribution in [1.29, 1.82) is 0 Å². The Morgan fingerprint density at radius 2 is 1.64 bits per heavy atom. The zero-order chi connectivity index (χ0) is 22.8. The first-order chi connectivity index (χ1) is 16.2. The fourth-order valence-electron chi connectivity index (χ4n) is 4.65. The highest BCUT2D eigenvalue weighted by Gasteiger charge is 2.59. The molecule has 33 heavy (non-hydrogen) atoms. The number of benzene rings is 3. The monoisotopic (exact) mass is 442 g/mol. The van der Waals surface area contributed by atoms with Crippen molar-refractivity contribution in [3.8, 4) is 5.75 Å². The van der Waals surface area contributed by atoms with Gasteiger partial charge in [0.25, 0.3) is 0 Å². The van der Waals surface area contributed by atoms with Crippen molar-refractivity contribution in [1.82, 2.24) is 5.06 Å². The number of rotatable bonds is 6. The lowest BCUT2D eigenvalue weighted by atomic mass is 9.81. The van der Waals surface area contributed by atoms with Crippen molar-refractivity contribution in [2.45, 2.75) is 12.5 Å². The third-order valence-corrected chi connectivity index (χ3v) is 6.19. The number of methoxy groups -OCH3 is 1. The van der Waals surface area contributed by atoms with Gasteiger partial charge in [-0.3, -0.25) is 0 Å². The summed E-state index contributed by atoms with van der Waals surface area (Å²) in [7, 11) is 1.65. The first-order valence-corrected chi connectivity index (χ1v) is 11.0. The minimum atomic E-state index is -0.807. The van der Waals surface area contributed by atoms with E-state index in [0.717, 1.165) is 22.6 Å². The number of fused-ring (bicyclic) bond motifs is 1. The third-order valence-electron chi connectivity index (χ3n) is 6.19. The van der Waals surface area contributed by atoms with Crippen LogP contribution in [0.2, 0.25) is 0 Å². The second-order valence-electron chi connectivity index (χ2n) is 8.02. The van der Waals surface area contributed by atoms with Crippen LogP contribution < -0.4 is 9.64 Å². The molecule has 1 saturated heterocycles. The molecule has 0 aliphatic carbocycles. The Hall–Kier alpha value is -3.77. The SMILES string of the molecule is CCOC(=O)C1=C(c2ccccc2)ON2CN(c3ccc(OC)cc3)CC12c1ccccc1. The molecular formula is C27H26N2O4. The van der Waals surface area contributed by atoms with E-state index in [2.05, 4.69) is 4.90 Å². The van der Waals surface area contributed by atoms with Gasteiger partial charge in [0.15, 0.2) is 5.76 Å². The highest BCUT2D eigenvalue weighted by molar-refractivity contribution is 6.00. The van der Waals surface area contributed by atoms with Crippen LogP contribution in [-0.4, -0.2) is 38.0 Å². The fraction of sp³-hybridized carbons (Fsp3) is 0.222. The number of anilines is 1. The Balaban J connectivity index is 1.66. The van der Waals surface area contributed by atoms with Crippen LogP contribution in [0.15, 0.2) is 90.5 Å². The summed E-state index contributed by atoms with van der Waals surface area (Å²) in [6.07, 6.45) is 0. The van der Waals surface area contributed by atoms with E-state index in [4.69, 9.17) is 14.3 Å². The van der Waals surface area contributed by atoms with Gasteiger partial charge in [-0.2, -0.15) is 0 Å². The highest BCUT2D eigenvalue weighted by atomic mass is 16.7. The smallest absolute Gasteiger partial charge is 0.340 e. The Bertz CT molecular complexity index is 1160. The van der Waals surface area contributed by atoms with Crippen molar-refractivity contribution in [3.63, 3.8) is 0 Å². The molecule has 0 saturated carbocycles. The van der Waals surface area contributed by atoms with Gasteiger partial charge in [-0.25, -0.2) is 4.79 Å². The van der Waals surface area contributed by atoms with Crippen LogP contribution in [0.5, 0.6) is 5.75 Å². The molecule has 0 radical (unpaired) electrons. The Kier molecular flexibility index (Phi) is 5.52. The summed E-state index contributed by atoms with van der Waals surface area (Å²) in [4.78, 5) is 22.1. The first kappa shape index (κ1) is 21.1. The van der Waals surface area contributed by atoms with Crippen molar-refractivity contribution in [2.24, 2.45) is 0 Å². The number of hydrogen-bond acceptors (Lipinski definition) is 6. The molecule has 1 unspecified atom stereocenters. The lowest BCUT2D eigenvalue weighted by Crippen LogP contribution is -2.42. The quantitative estimate of drug-likeness (QED) is 0.521. The minimum absolute atomic E-state index is 0.289. The van der Waals surface area contributed by atoms with Crippen LogP contribution in [-0.2, 0) is 19.9 Å². The summed E-state index contributed by atoms with van der Waals surface area (Å²) in [6.45, 7) is 3.13. The highest BCUT2D eigenvalue weighted by Crippen LogP contribution is 2.51. The molecule has 168 valence electrons. The molecule has 5 rings (SSSR count). The Morgan fingerprint density at radius 3 is 2.27 bits per heavy atom. The van der Waals surface area contributed by atoms with Gasteiger partial charge in [0, 0.05) is 17.8 Å². The van der Waals surface area contributed by atoms with E-state index >= 15 is 0 Å². The van der Waals surface area contributed by atoms with E-state index in [1.54, 1.807) is 7.11 Å². The standard InChI is InChI=1S/C27H26N2O4/c1-3-32-26(30)24-25(20-10-6-4-7-11-20)33-29-19-28(22-14-16-23(31-2)17-15-22)18-27(24,29)21-12-8-5-9-13-21/h4-17H,3,18-19H2,1-2H3. The summed E-state index contributed by atoms with van der Waals surface area (Å²) in [5.74, 6) is 0.984. The van der Waals surface area contributed by atoms with E-state index in [1.807, 2.05) is 96.9 Å². The maximum atomic E-state index is 13.5. The normalized spacial score (nSPS) is 19.9. The first-order valence-electron chi connectivity index (χ1n) is 11.0. The molecule has 3 aromatic carbocycles. The zero-order valence-corrected chi connectivity index (χ0v) is 18.7. The fourth-order valence-corrected chi connectivity index (χ4v) is 4.65. The number of hydrogen-bond donors (Lipinski definition) is 0. The summed E-state index contributed by atoms with van der Waals surface area (Å²) in [6, 6.07) is 27.7. The van der Waals surface area contributed by atoms with Gasteiger partial charge >= 0.3 is 5.97 Å². The van der Waals surface area contributed by atoms with Gasteiger partial charge in [-0.15, -0.1) is 5.06 Å². The molecule has 0 spiro atoms. The second kappa shape index (κ2) is 8.64. The van der Waals surface area contributed by atoms with Crippen LogP contribution in [0.25, 0.3) is 5.76 Å². The van der Waals surface area contributed by atoms with Gasteiger partial charge in [-0.1, -0.05) is 60.7 Å². The van der Waals surface area contributed by atoms with E-state index < -0.39 is 5.54 Å². The van der Waals surface area contributed by atoms with Gasteiger partial charge in [0.2, 0.25) is 0 Å². The molecule has 6 heteroatoms. The van der Waals surface area contributed by atoms with Crippen molar-refractivity contribution >= 4 is 17.4 Å². The number of carbonyl (C=O) groups is 1. The molecule has 1 atom stereocenters. The molecule has 2 aliphatic heterocycles. The van der Waals surface area contributed by atoms with Crippen molar-refractivity contribution in [3.05, 3.63) is 102 Å². The van der Waals surface area contributed by atoms with E-state index in [9.17, 15) is 4.79 Å². The van der Waals surface area contributed by atoms with Crippen LogP contribution in [0.4, 0.5) is 5.69 Å². The average Bonchev–Trinajstić information content (AvgIpc) is 3.39. The maximum Gasteiger partial charge on any atom is 0.340 e. The molecule has 1 fully saturated rings. The number of carbonyl (C=O) groups excluding carboxylic acids is 1. The van der Waals surface area contributed by atoms with Crippen LogP contribution in [0.1, 0.15) is 18.1 Å². The third kappa shape index (κ3) is 3.52. The molecular weight excluding hydrogens is 416 g/mol. The molecule has 2 heterocycles. The Labute approximate surface area is 193 Å². The van der Waals surface area contributed by atoms with Crippen molar-refractivity contribution in [2.75, 3.05) is 31.8 Å². The predicted molar refractivity (Wildman–Crippen MR) is 126 cm³/mol. The molecule has 0 aromatic heterocycles. The van der Waals surface area contributed by atoms with Crippen molar-refractivity contribution < 1.29 is 19.1 Å². The summed E-state index contributed by atoms with van der Waals surface area (Å²) in [5.41, 5.74) is 2.57. The van der Waals surface area contributed by atoms with Gasteiger partial charge < -0.3 is 19.2 Å². The maximum absolute atomic E-state index is 13.5. The number of esters is 1.